The van der Waals surface area contributed by atoms with Gasteiger partial charge < -0.3 is 14.9 Å². The first-order chi connectivity index (χ1) is 13.1. The van der Waals surface area contributed by atoms with E-state index in [4.69, 9.17) is 4.74 Å². The third-order valence-electron chi connectivity index (χ3n) is 3.36. The van der Waals surface area contributed by atoms with Gasteiger partial charge in [-0.3, -0.25) is 4.79 Å². The first-order valence-electron chi connectivity index (χ1n) is 9.02. The Morgan fingerprint density at radius 3 is 2.74 bits per heavy atom. The minimum Gasteiger partial charge on any atom is -0.466 e. The molecule has 0 aliphatic heterocycles. The SMILES string of the molecule is CCOC(=O)CCC[C@H](O)C#C/C=C/C=C/[C@H](O)CC#Cc1ccccc1. The molecule has 0 aliphatic rings. The Kier molecular flexibility index (Phi) is 11.9. The summed E-state index contributed by atoms with van der Waals surface area (Å²) in [6, 6.07) is 9.61. The van der Waals surface area contributed by atoms with E-state index in [1.165, 1.54) is 0 Å². The molecule has 4 heteroatoms. The molecule has 2 N–H and O–H groups in total. The van der Waals surface area contributed by atoms with Crippen molar-refractivity contribution in [3.63, 3.8) is 0 Å². The Morgan fingerprint density at radius 1 is 1.22 bits per heavy atom. The number of hydrogen-bond acceptors (Lipinski definition) is 4. The molecule has 0 saturated heterocycles. The summed E-state index contributed by atoms with van der Waals surface area (Å²) in [5.74, 6) is 11.1. The van der Waals surface area contributed by atoms with E-state index in [1.807, 2.05) is 30.3 Å². The number of ether oxygens (including phenoxy) is 1. The molecule has 0 aromatic heterocycles. The second-order valence-corrected chi connectivity index (χ2v) is 5.69. The Hall–Kier alpha value is -2.79. The average molecular weight is 366 g/mol. The fraction of sp³-hybridized carbons (Fsp3) is 0.348. The van der Waals surface area contributed by atoms with Crippen molar-refractivity contribution in [1.82, 2.24) is 0 Å². The van der Waals surface area contributed by atoms with Gasteiger partial charge in [0.2, 0.25) is 0 Å². The van der Waals surface area contributed by atoms with Crippen molar-refractivity contribution in [3.8, 4) is 23.7 Å². The van der Waals surface area contributed by atoms with E-state index in [0.29, 0.717) is 25.9 Å². The van der Waals surface area contributed by atoms with E-state index in [-0.39, 0.29) is 12.4 Å². The van der Waals surface area contributed by atoms with Crippen LogP contribution in [0.2, 0.25) is 0 Å². The molecule has 0 radical (unpaired) electrons. The summed E-state index contributed by atoms with van der Waals surface area (Å²) < 4.78 is 4.81. The van der Waals surface area contributed by atoms with Gasteiger partial charge >= 0.3 is 5.97 Å². The van der Waals surface area contributed by atoms with Crippen LogP contribution in [0.15, 0.2) is 54.6 Å². The molecule has 1 aromatic rings. The first kappa shape index (κ1) is 22.3. The minimum absolute atomic E-state index is 0.255. The van der Waals surface area contributed by atoms with Crippen LogP contribution in [0.1, 0.15) is 38.2 Å². The molecule has 0 bridgehead atoms. The smallest absolute Gasteiger partial charge is 0.305 e. The predicted octanol–water partition coefficient (Wildman–Crippen LogP) is 3.00. The molecular weight excluding hydrogens is 340 g/mol. The van der Waals surface area contributed by atoms with Crippen LogP contribution in [0.4, 0.5) is 0 Å². The molecule has 0 aliphatic carbocycles. The van der Waals surface area contributed by atoms with Gasteiger partial charge in [0.15, 0.2) is 0 Å². The quantitative estimate of drug-likeness (QED) is 0.422. The molecule has 2 atom stereocenters. The van der Waals surface area contributed by atoms with E-state index < -0.39 is 12.2 Å². The maximum atomic E-state index is 11.2. The zero-order valence-electron chi connectivity index (χ0n) is 15.6. The molecule has 0 saturated carbocycles. The summed E-state index contributed by atoms with van der Waals surface area (Å²) in [7, 11) is 0. The van der Waals surface area contributed by atoms with Gasteiger partial charge in [-0.2, -0.15) is 0 Å². The van der Waals surface area contributed by atoms with Crippen molar-refractivity contribution in [2.24, 2.45) is 0 Å². The zero-order valence-corrected chi connectivity index (χ0v) is 15.6. The summed E-state index contributed by atoms with van der Waals surface area (Å²) in [5, 5.41) is 19.5. The van der Waals surface area contributed by atoms with E-state index in [0.717, 1.165) is 5.56 Å². The van der Waals surface area contributed by atoms with Crippen LogP contribution < -0.4 is 0 Å². The van der Waals surface area contributed by atoms with E-state index >= 15 is 0 Å². The molecule has 0 unspecified atom stereocenters. The number of rotatable bonds is 8. The molecular formula is C23H26O4. The lowest BCUT2D eigenvalue weighted by molar-refractivity contribution is -0.143. The Balaban J connectivity index is 2.24. The fourth-order valence-electron chi connectivity index (χ4n) is 2.03. The van der Waals surface area contributed by atoms with Gasteiger partial charge in [0.25, 0.3) is 0 Å². The molecule has 142 valence electrons. The van der Waals surface area contributed by atoms with Crippen molar-refractivity contribution >= 4 is 5.97 Å². The van der Waals surface area contributed by atoms with Gasteiger partial charge in [0, 0.05) is 18.4 Å². The number of aliphatic hydroxyl groups is 2. The van der Waals surface area contributed by atoms with Gasteiger partial charge in [0.1, 0.15) is 6.10 Å². The third kappa shape index (κ3) is 12.2. The highest BCUT2D eigenvalue weighted by Gasteiger charge is 2.04. The van der Waals surface area contributed by atoms with Gasteiger partial charge in [-0.05, 0) is 38.0 Å². The third-order valence-corrected chi connectivity index (χ3v) is 3.36. The van der Waals surface area contributed by atoms with Crippen LogP contribution in [0.5, 0.6) is 0 Å². The number of aliphatic hydroxyl groups excluding tert-OH is 2. The minimum atomic E-state index is -0.771. The number of esters is 1. The van der Waals surface area contributed by atoms with Gasteiger partial charge in [0.05, 0.1) is 12.7 Å². The van der Waals surface area contributed by atoms with Gasteiger partial charge in [-0.15, -0.1) is 0 Å². The van der Waals surface area contributed by atoms with E-state index in [1.54, 1.807) is 31.2 Å². The summed E-state index contributed by atoms with van der Waals surface area (Å²) >= 11 is 0. The molecule has 0 spiro atoms. The Bertz CT molecular complexity index is 726. The average Bonchev–Trinajstić information content (AvgIpc) is 2.65. The normalized spacial score (nSPS) is 12.7. The second kappa shape index (κ2) is 14.4. The van der Waals surface area contributed by atoms with Crippen LogP contribution in [-0.4, -0.2) is 35.0 Å². The Morgan fingerprint density at radius 2 is 2.00 bits per heavy atom. The number of carbonyl (C=O) groups is 1. The van der Waals surface area contributed by atoms with E-state index in [9.17, 15) is 15.0 Å². The lowest BCUT2D eigenvalue weighted by Crippen LogP contribution is -2.07. The number of benzene rings is 1. The standard InChI is InChI=1S/C23H26O4/c1-2-27-23(26)19-11-18-22(25)16-9-4-3-8-15-21(24)17-10-14-20-12-6-5-7-13-20/h3-8,12-13,15,21-22,24-25H,2,11,17-19H2,1H3/b4-3+,15-8+/t21-,22+/m0/s1. The fourth-order valence-corrected chi connectivity index (χ4v) is 2.03. The second-order valence-electron chi connectivity index (χ2n) is 5.69. The lowest BCUT2D eigenvalue weighted by Gasteiger charge is -2.03. The molecule has 1 rings (SSSR count). The van der Waals surface area contributed by atoms with Crippen LogP contribution in [0.3, 0.4) is 0 Å². The highest BCUT2D eigenvalue weighted by atomic mass is 16.5. The molecule has 27 heavy (non-hydrogen) atoms. The molecule has 4 nitrogen and oxygen atoms in total. The van der Waals surface area contributed by atoms with Gasteiger partial charge in [-0.25, -0.2) is 0 Å². The van der Waals surface area contributed by atoms with Gasteiger partial charge in [-0.1, -0.05) is 60.1 Å². The summed E-state index contributed by atoms with van der Waals surface area (Å²) in [4.78, 5) is 11.2. The van der Waals surface area contributed by atoms with Crippen molar-refractivity contribution in [3.05, 3.63) is 60.2 Å². The van der Waals surface area contributed by atoms with Crippen molar-refractivity contribution < 1.29 is 19.7 Å². The number of hydrogen-bond donors (Lipinski definition) is 2. The maximum Gasteiger partial charge on any atom is 0.305 e. The summed E-state index contributed by atoms with van der Waals surface area (Å²) in [5.41, 5.74) is 0.921. The van der Waals surface area contributed by atoms with Crippen LogP contribution >= 0.6 is 0 Å². The Labute approximate surface area is 161 Å². The number of carbonyl (C=O) groups excluding carboxylic acids is 1. The summed E-state index contributed by atoms with van der Waals surface area (Å²) in [6.07, 6.45) is 6.78. The highest BCUT2D eigenvalue weighted by Crippen LogP contribution is 2.02. The predicted molar refractivity (Wildman–Crippen MR) is 106 cm³/mol. The van der Waals surface area contributed by atoms with Crippen molar-refractivity contribution in [2.75, 3.05) is 6.61 Å². The topological polar surface area (TPSA) is 66.8 Å². The van der Waals surface area contributed by atoms with Crippen LogP contribution in [0.25, 0.3) is 0 Å². The summed E-state index contributed by atoms with van der Waals surface area (Å²) in [6.45, 7) is 2.13. The zero-order chi connectivity index (χ0) is 19.7. The monoisotopic (exact) mass is 366 g/mol. The lowest BCUT2D eigenvalue weighted by atomic mass is 10.1. The molecule has 0 fully saturated rings. The first-order valence-corrected chi connectivity index (χ1v) is 9.02. The van der Waals surface area contributed by atoms with E-state index in [2.05, 4.69) is 23.7 Å². The molecule has 0 amide bonds. The van der Waals surface area contributed by atoms with Crippen LogP contribution in [0, 0.1) is 23.7 Å². The molecule has 1 aromatic carbocycles. The van der Waals surface area contributed by atoms with Crippen molar-refractivity contribution in [1.29, 1.82) is 0 Å². The highest BCUT2D eigenvalue weighted by molar-refractivity contribution is 5.69. The molecule has 0 heterocycles. The maximum absolute atomic E-state index is 11.2. The largest absolute Gasteiger partial charge is 0.466 e. The van der Waals surface area contributed by atoms with Crippen molar-refractivity contribution in [2.45, 2.75) is 44.8 Å². The van der Waals surface area contributed by atoms with Crippen LogP contribution in [-0.2, 0) is 9.53 Å². The number of allylic oxidation sites excluding steroid dienone is 3.